The van der Waals surface area contributed by atoms with Crippen molar-refractivity contribution in [2.45, 2.75) is 44.3 Å². The van der Waals surface area contributed by atoms with Crippen LogP contribution >= 0.6 is 0 Å². The van der Waals surface area contributed by atoms with Crippen LogP contribution in [-0.2, 0) is 21.3 Å². The van der Waals surface area contributed by atoms with Crippen molar-refractivity contribution in [1.29, 1.82) is 0 Å². The summed E-state index contributed by atoms with van der Waals surface area (Å²) in [6, 6.07) is 4.79. The number of phenolic OH excluding ortho intramolecular Hbond substituents is 1. The van der Waals surface area contributed by atoms with Crippen LogP contribution in [0.2, 0.25) is 0 Å². The minimum absolute atomic E-state index is 0.0203. The van der Waals surface area contributed by atoms with Crippen molar-refractivity contribution in [2.24, 2.45) is 0 Å². The molecule has 0 aromatic heterocycles. The molecular formula is C15H22O6S. The number of methoxy groups -OCH3 is 1. The van der Waals surface area contributed by atoms with Crippen LogP contribution < -0.4 is 4.74 Å². The number of Topliss-reactive ketones (excluding diaryl/α,β-unsaturated/α-hetero) is 1. The average molecular weight is 330 g/mol. The zero-order valence-corrected chi connectivity index (χ0v) is 13.6. The van der Waals surface area contributed by atoms with Gasteiger partial charge in [0.15, 0.2) is 11.5 Å². The molecule has 1 aromatic rings. The molecule has 0 saturated heterocycles. The first-order chi connectivity index (χ1) is 10.3. The van der Waals surface area contributed by atoms with Crippen LogP contribution in [0.5, 0.6) is 11.5 Å². The van der Waals surface area contributed by atoms with Gasteiger partial charge in [0.05, 0.1) is 12.4 Å². The summed E-state index contributed by atoms with van der Waals surface area (Å²) in [5.74, 6) is 0.127. The van der Waals surface area contributed by atoms with Crippen LogP contribution in [0.15, 0.2) is 18.2 Å². The first-order valence-electron chi connectivity index (χ1n) is 7.11. The Labute approximate surface area is 130 Å². The smallest absolute Gasteiger partial charge is 0.268 e. The second-order valence-corrected chi connectivity index (χ2v) is 6.87. The molecule has 0 aliphatic rings. The van der Waals surface area contributed by atoms with Gasteiger partial charge in [-0.1, -0.05) is 19.4 Å². The highest BCUT2D eigenvalue weighted by molar-refractivity contribution is 7.86. The zero-order valence-electron chi connectivity index (χ0n) is 12.8. The second kappa shape index (κ2) is 8.14. The molecule has 0 spiro atoms. The molecule has 0 fully saturated rings. The molecule has 7 heteroatoms. The minimum atomic E-state index is -4.20. The zero-order chi connectivity index (χ0) is 16.8. The number of hydrogen-bond donors (Lipinski definition) is 2. The summed E-state index contributed by atoms with van der Waals surface area (Å²) >= 11 is 0. The predicted octanol–water partition coefficient (Wildman–Crippen LogP) is 2.35. The number of carbonyl (C=O) groups excluding carboxylic acids is 1. The molecule has 1 atom stereocenters. The molecular weight excluding hydrogens is 308 g/mol. The Morgan fingerprint density at radius 3 is 2.59 bits per heavy atom. The maximum absolute atomic E-state index is 11.9. The Bertz CT molecular complexity index is 608. The molecule has 0 saturated carbocycles. The Morgan fingerprint density at radius 2 is 2.05 bits per heavy atom. The lowest BCUT2D eigenvalue weighted by Crippen LogP contribution is -2.24. The quantitative estimate of drug-likeness (QED) is 0.674. The van der Waals surface area contributed by atoms with Gasteiger partial charge in [0.2, 0.25) is 0 Å². The molecule has 0 amide bonds. The molecule has 1 unspecified atom stereocenters. The van der Waals surface area contributed by atoms with E-state index >= 15 is 0 Å². The van der Waals surface area contributed by atoms with E-state index in [1.807, 2.05) is 0 Å². The van der Waals surface area contributed by atoms with E-state index in [0.717, 1.165) is 5.56 Å². The Kier molecular flexibility index (Phi) is 6.83. The molecule has 1 aromatic carbocycles. The molecule has 0 bridgehead atoms. The van der Waals surface area contributed by atoms with Gasteiger partial charge < -0.3 is 9.84 Å². The van der Waals surface area contributed by atoms with Gasteiger partial charge in [-0.25, -0.2) is 0 Å². The van der Waals surface area contributed by atoms with E-state index in [4.69, 9.17) is 9.29 Å². The lowest BCUT2D eigenvalue weighted by molar-refractivity contribution is -0.119. The van der Waals surface area contributed by atoms with Crippen LogP contribution in [0, 0.1) is 0 Å². The molecule has 124 valence electrons. The number of rotatable bonds is 9. The van der Waals surface area contributed by atoms with Gasteiger partial charge >= 0.3 is 0 Å². The highest BCUT2D eigenvalue weighted by Crippen LogP contribution is 2.27. The standard InChI is InChI=1S/C15H22O6S/c1-3-4-13(22(18,19)20)10-12(16)7-5-11-6-8-14(17)15(9-11)21-2/h6,8-9,13,17H,3-5,7,10H2,1-2H3,(H,18,19,20). The molecule has 2 N–H and O–H groups in total. The van der Waals surface area contributed by atoms with Crippen LogP contribution in [0.3, 0.4) is 0 Å². The maximum Gasteiger partial charge on any atom is 0.268 e. The van der Waals surface area contributed by atoms with Gasteiger partial charge in [0.1, 0.15) is 5.78 Å². The van der Waals surface area contributed by atoms with E-state index < -0.39 is 15.4 Å². The largest absolute Gasteiger partial charge is 0.504 e. The van der Waals surface area contributed by atoms with Gasteiger partial charge in [-0.2, -0.15) is 8.42 Å². The number of carbonyl (C=O) groups is 1. The van der Waals surface area contributed by atoms with E-state index in [-0.39, 0.29) is 30.8 Å². The number of hydrogen-bond acceptors (Lipinski definition) is 5. The van der Waals surface area contributed by atoms with E-state index in [9.17, 15) is 18.3 Å². The SMILES string of the molecule is CCCC(CC(=O)CCc1ccc(O)c(OC)c1)S(=O)(=O)O. The fourth-order valence-corrected chi connectivity index (χ4v) is 3.13. The van der Waals surface area contributed by atoms with Gasteiger partial charge in [-0.05, 0) is 30.5 Å². The van der Waals surface area contributed by atoms with E-state index in [0.29, 0.717) is 18.6 Å². The van der Waals surface area contributed by atoms with Gasteiger partial charge in [-0.3, -0.25) is 9.35 Å². The van der Waals surface area contributed by atoms with Gasteiger partial charge in [0.25, 0.3) is 10.1 Å². The van der Waals surface area contributed by atoms with E-state index in [1.54, 1.807) is 19.1 Å². The third-order valence-corrected chi connectivity index (χ3v) is 4.67. The van der Waals surface area contributed by atoms with Gasteiger partial charge in [-0.15, -0.1) is 0 Å². The summed E-state index contributed by atoms with van der Waals surface area (Å²) in [4.78, 5) is 11.9. The highest BCUT2D eigenvalue weighted by Gasteiger charge is 2.24. The molecule has 0 radical (unpaired) electrons. The third kappa shape index (κ3) is 5.65. The van der Waals surface area contributed by atoms with Crippen molar-refractivity contribution in [3.05, 3.63) is 23.8 Å². The molecule has 6 nitrogen and oxygen atoms in total. The Morgan fingerprint density at radius 1 is 1.36 bits per heavy atom. The fraction of sp³-hybridized carbons (Fsp3) is 0.533. The number of phenols is 1. The van der Waals surface area contributed by atoms with Crippen LogP contribution in [0.4, 0.5) is 0 Å². The fourth-order valence-electron chi connectivity index (χ4n) is 2.20. The van der Waals surface area contributed by atoms with E-state index in [2.05, 4.69) is 0 Å². The van der Waals surface area contributed by atoms with Crippen LogP contribution in [-0.4, -0.2) is 36.2 Å². The molecule has 1 rings (SSSR count). The molecule has 0 aliphatic heterocycles. The monoisotopic (exact) mass is 330 g/mol. The van der Waals surface area contributed by atoms with Crippen molar-refractivity contribution in [1.82, 2.24) is 0 Å². The lowest BCUT2D eigenvalue weighted by Gasteiger charge is -2.12. The number of ketones is 1. The lowest BCUT2D eigenvalue weighted by atomic mass is 10.0. The first-order valence-corrected chi connectivity index (χ1v) is 8.62. The first kappa shape index (κ1) is 18.4. The number of benzene rings is 1. The van der Waals surface area contributed by atoms with Crippen LogP contribution in [0.1, 0.15) is 38.2 Å². The number of ether oxygens (including phenoxy) is 1. The normalized spacial score (nSPS) is 12.9. The maximum atomic E-state index is 11.9. The highest BCUT2D eigenvalue weighted by atomic mass is 32.2. The summed E-state index contributed by atoms with van der Waals surface area (Å²) in [5, 5.41) is 8.47. The average Bonchev–Trinajstić information content (AvgIpc) is 2.45. The van der Waals surface area contributed by atoms with Crippen LogP contribution in [0.25, 0.3) is 0 Å². The third-order valence-electron chi connectivity index (χ3n) is 3.42. The number of aromatic hydroxyl groups is 1. The number of aryl methyl sites for hydroxylation is 1. The summed E-state index contributed by atoms with van der Waals surface area (Å²) in [5.41, 5.74) is 0.807. The summed E-state index contributed by atoms with van der Waals surface area (Å²) < 4.78 is 36.5. The Balaban J connectivity index is 2.62. The summed E-state index contributed by atoms with van der Waals surface area (Å²) in [6.07, 6.45) is 1.25. The Hall–Kier alpha value is -1.60. The van der Waals surface area contributed by atoms with Crippen molar-refractivity contribution in [2.75, 3.05) is 7.11 Å². The van der Waals surface area contributed by atoms with Crippen molar-refractivity contribution in [3.63, 3.8) is 0 Å². The van der Waals surface area contributed by atoms with Gasteiger partial charge in [0, 0.05) is 12.8 Å². The van der Waals surface area contributed by atoms with Crippen molar-refractivity contribution in [3.8, 4) is 11.5 Å². The minimum Gasteiger partial charge on any atom is -0.504 e. The summed E-state index contributed by atoms with van der Waals surface area (Å²) in [6.45, 7) is 1.80. The van der Waals surface area contributed by atoms with E-state index in [1.165, 1.54) is 13.2 Å². The molecule has 22 heavy (non-hydrogen) atoms. The predicted molar refractivity (Wildman–Crippen MR) is 82.8 cm³/mol. The van der Waals surface area contributed by atoms with Crippen molar-refractivity contribution < 1.29 is 27.6 Å². The topological polar surface area (TPSA) is 101 Å². The second-order valence-electron chi connectivity index (χ2n) is 5.17. The summed E-state index contributed by atoms with van der Waals surface area (Å²) in [7, 11) is -2.76. The molecule has 0 heterocycles. The molecule has 0 aliphatic carbocycles. The van der Waals surface area contributed by atoms with Crippen molar-refractivity contribution >= 4 is 15.9 Å².